The number of nitrogens with one attached hydrogen (secondary N) is 1. The predicted molar refractivity (Wildman–Crippen MR) is 66.2 cm³/mol. The lowest BCUT2D eigenvalue weighted by atomic mass is 10.3. The van der Waals surface area contributed by atoms with Crippen LogP contribution in [0.4, 0.5) is 0 Å². The molecule has 2 aromatic rings. The zero-order chi connectivity index (χ0) is 11.8. The van der Waals surface area contributed by atoms with Crippen LogP contribution < -0.4 is 0 Å². The SMILES string of the molecule is O=C(c1cc2ccnc(Cl)c2[nH]1)N1CCCC1. The summed E-state index contributed by atoms with van der Waals surface area (Å²) in [6.45, 7) is 1.69. The maximum atomic E-state index is 12.2. The number of aromatic nitrogens is 2. The molecule has 1 saturated heterocycles. The monoisotopic (exact) mass is 249 g/mol. The van der Waals surface area contributed by atoms with Gasteiger partial charge in [0, 0.05) is 24.7 Å². The number of nitrogens with zero attached hydrogens (tertiary/aromatic N) is 2. The number of rotatable bonds is 1. The number of H-pyrrole nitrogens is 1. The Morgan fingerprint density at radius 1 is 1.41 bits per heavy atom. The van der Waals surface area contributed by atoms with E-state index >= 15 is 0 Å². The van der Waals surface area contributed by atoms with E-state index in [4.69, 9.17) is 11.6 Å². The second-order valence-electron chi connectivity index (χ2n) is 4.25. The normalized spacial score (nSPS) is 15.7. The van der Waals surface area contributed by atoms with Gasteiger partial charge in [-0.05, 0) is 25.0 Å². The second kappa shape index (κ2) is 4.04. The molecule has 88 valence electrons. The average Bonchev–Trinajstić information content (AvgIpc) is 2.98. The van der Waals surface area contributed by atoms with Gasteiger partial charge in [0.25, 0.3) is 5.91 Å². The predicted octanol–water partition coefficient (Wildman–Crippen LogP) is 2.45. The van der Waals surface area contributed by atoms with Gasteiger partial charge in [0.15, 0.2) is 5.15 Å². The molecule has 1 fully saturated rings. The highest BCUT2D eigenvalue weighted by Gasteiger charge is 2.21. The molecule has 17 heavy (non-hydrogen) atoms. The third-order valence-electron chi connectivity index (χ3n) is 3.12. The van der Waals surface area contributed by atoms with Crippen molar-refractivity contribution in [3.63, 3.8) is 0 Å². The summed E-state index contributed by atoms with van der Waals surface area (Å²) < 4.78 is 0. The first-order valence-electron chi connectivity index (χ1n) is 5.68. The second-order valence-corrected chi connectivity index (χ2v) is 4.61. The van der Waals surface area contributed by atoms with Crippen molar-refractivity contribution in [2.45, 2.75) is 12.8 Å². The summed E-state index contributed by atoms with van der Waals surface area (Å²) in [4.78, 5) is 21.1. The summed E-state index contributed by atoms with van der Waals surface area (Å²) in [6.07, 6.45) is 3.82. The number of pyridine rings is 1. The minimum absolute atomic E-state index is 0.0507. The van der Waals surface area contributed by atoms with E-state index in [0.29, 0.717) is 10.8 Å². The van der Waals surface area contributed by atoms with E-state index in [1.807, 2.05) is 17.0 Å². The van der Waals surface area contributed by atoms with Crippen LogP contribution in [0.1, 0.15) is 23.3 Å². The lowest BCUT2D eigenvalue weighted by Gasteiger charge is -2.13. The molecule has 0 aromatic carbocycles. The Bertz CT molecular complexity index is 572. The van der Waals surface area contributed by atoms with E-state index in [9.17, 15) is 4.79 Å². The summed E-state index contributed by atoms with van der Waals surface area (Å²) in [5.74, 6) is 0.0507. The van der Waals surface area contributed by atoms with Crippen molar-refractivity contribution in [3.8, 4) is 0 Å². The third-order valence-corrected chi connectivity index (χ3v) is 3.41. The summed E-state index contributed by atoms with van der Waals surface area (Å²) in [5.41, 5.74) is 1.33. The van der Waals surface area contributed by atoms with E-state index in [2.05, 4.69) is 9.97 Å². The molecule has 0 spiro atoms. The van der Waals surface area contributed by atoms with Gasteiger partial charge in [0.1, 0.15) is 5.69 Å². The largest absolute Gasteiger partial charge is 0.348 e. The first kappa shape index (κ1) is 10.6. The van der Waals surface area contributed by atoms with Gasteiger partial charge >= 0.3 is 0 Å². The minimum Gasteiger partial charge on any atom is -0.348 e. The number of likely N-dealkylation sites (tertiary alicyclic amines) is 1. The number of carbonyl (C=O) groups excluding carboxylic acids is 1. The quantitative estimate of drug-likeness (QED) is 0.790. The number of hydrogen-bond donors (Lipinski definition) is 1. The zero-order valence-corrected chi connectivity index (χ0v) is 10.00. The smallest absolute Gasteiger partial charge is 0.270 e. The summed E-state index contributed by atoms with van der Waals surface area (Å²) in [6, 6.07) is 3.68. The lowest BCUT2D eigenvalue weighted by Crippen LogP contribution is -2.27. The summed E-state index contributed by atoms with van der Waals surface area (Å²) in [5, 5.41) is 1.33. The van der Waals surface area contributed by atoms with E-state index in [-0.39, 0.29) is 5.91 Å². The molecule has 3 rings (SSSR count). The molecule has 0 saturated carbocycles. The van der Waals surface area contributed by atoms with Gasteiger partial charge in [-0.3, -0.25) is 4.79 Å². The van der Waals surface area contributed by atoms with E-state index in [1.165, 1.54) is 0 Å². The van der Waals surface area contributed by atoms with Gasteiger partial charge in [-0.2, -0.15) is 0 Å². The Labute approximate surface area is 104 Å². The number of fused-ring (bicyclic) bond motifs is 1. The van der Waals surface area contributed by atoms with Crippen LogP contribution >= 0.6 is 11.6 Å². The maximum absolute atomic E-state index is 12.2. The first-order chi connectivity index (χ1) is 8.25. The zero-order valence-electron chi connectivity index (χ0n) is 9.24. The Hall–Kier alpha value is -1.55. The molecule has 0 bridgehead atoms. The van der Waals surface area contributed by atoms with E-state index in [0.717, 1.165) is 36.8 Å². The summed E-state index contributed by atoms with van der Waals surface area (Å²) >= 11 is 5.97. The van der Waals surface area contributed by atoms with Gasteiger partial charge < -0.3 is 9.88 Å². The average molecular weight is 250 g/mol. The van der Waals surface area contributed by atoms with Gasteiger partial charge in [-0.1, -0.05) is 11.6 Å². The topological polar surface area (TPSA) is 49.0 Å². The molecular formula is C12H12ClN3O. The van der Waals surface area contributed by atoms with Crippen LogP contribution in [-0.2, 0) is 0 Å². The third kappa shape index (κ3) is 1.78. The fraction of sp³-hybridized carbons (Fsp3) is 0.333. The Balaban J connectivity index is 2.00. The molecule has 2 aromatic heterocycles. The van der Waals surface area contributed by atoms with E-state index < -0.39 is 0 Å². The highest BCUT2D eigenvalue weighted by atomic mass is 35.5. The Kier molecular flexibility index (Phi) is 2.52. The number of halogens is 1. The van der Waals surface area contributed by atoms with Crippen LogP contribution in [0.5, 0.6) is 0 Å². The van der Waals surface area contributed by atoms with Crippen molar-refractivity contribution in [1.29, 1.82) is 0 Å². The standard InChI is InChI=1S/C12H12ClN3O/c13-11-10-8(3-4-14-11)7-9(15-10)12(17)16-5-1-2-6-16/h3-4,7,15H,1-2,5-6H2. The number of aromatic amines is 1. The van der Waals surface area contributed by atoms with E-state index in [1.54, 1.807) is 6.20 Å². The summed E-state index contributed by atoms with van der Waals surface area (Å²) in [7, 11) is 0. The molecule has 0 unspecified atom stereocenters. The highest BCUT2D eigenvalue weighted by Crippen LogP contribution is 2.22. The van der Waals surface area contributed by atoms with Gasteiger partial charge in [-0.25, -0.2) is 4.98 Å². The highest BCUT2D eigenvalue weighted by molar-refractivity contribution is 6.33. The molecule has 3 heterocycles. The minimum atomic E-state index is 0.0507. The molecule has 1 aliphatic heterocycles. The van der Waals surface area contributed by atoms with Gasteiger partial charge in [-0.15, -0.1) is 0 Å². The first-order valence-corrected chi connectivity index (χ1v) is 6.06. The van der Waals surface area contributed by atoms with Crippen molar-refractivity contribution in [2.24, 2.45) is 0 Å². The Morgan fingerprint density at radius 2 is 2.18 bits per heavy atom. The molecule has 0 atom stereocenters. The van der Waals surface area contributed by atoms with Crippen molar-refractivity contribution >= 4 is 28.4 Å². The van der Waals surface area contributed by atoms with Crippen LogP contribution in [0, 0.1) is 0 Å². The molecule has 1 N–H and O–H groups in total. The fourth-order valence-corrected chi connectivity index (χ4v) is 2.44. The van der Waals surface area contributed by atoms with Crippen molar-refractivity contribution in [3.05, 3.63) is 29.2 Å². The molecular weight excluding hydrogens is 238 g/mol. The fourth-order valence-electron chi connectivity index (χ4n) is 2.23. The maximum Gasteiger partial charge on any atom is 0.270 e. The molecule has 4 nitrogen and oxygen atoms in total. The van der Waals surface area contributed by atoms with Crippen LogP contribution in [0.15, 0.2) is 18.3 Å². The van der Waals surface area contributed by atoms with Gasteiger partial charge in [0.05, 0.1) is 5.52 Å². The molecule has 1 aliphatic rings. The number of amides is 1. The lowest BCUT2D eigenvalue weighted by molar-refractivity contribution is 0.0788. The van der Waals surface area contributed by atoms with Crippen molar-refractivity contribution in [2.75, 3.05) is 13.1 Å². The molecule has 0 radical (unpaired) electrons. The van der Waals surface area contributed by atoms with Crippen LogP contribution in [0.2, 0.25) is 5.15 Å². The molecule has 1 amide bonds. The molecule has 5 heteroatoms. The molecule has 0 aliphatic carbocycles. The van der Waals surface area contributed by atoms with Gasteiger partial charge in [0.2, 0.25) is 0 Å². The number of hydrogen-bond acceptors (Lipinski definition) is 2. The van der Waals surface area contributed by atoms with Crippen LogP contribution in [0.3, 0.4) is 0 Å². The van der Waals surface area contributed by atoms with Crippen LogP contribution in [0.25, 0.3) is 10.9 Å². The van der Waals surface area contributed by atoms with Crippen molar-refractivity contribution in [1.82, 2.24) is 14.9 Å². The van der Waals surface area contributed by atoms with Crippen LogP contribution in [-0.4, -0.2) is 33.9 Å². The Morgan fingerprint density at radius 3 is 2.88 bits per heavy atom. The van der Waals surface area contributed by atoms with Crippen molar-refractivity contribution < 1.29 is 4.79 Å². The number of carbonyl (C=O) groups is 1.